The minimum Gasteiger partial charge on any atom is -0.323 e. The van der Waals surface area contributed by atoms with E-state index in [2.05, 4.69) is 42.5 Å². The third kappa shape index (κ3) is 5.68. The Hall–Kier alpha value is -1.00. The zero-order valence-corrected chi connectivity index (χ0v) is 23.7. The monoisotopic (exact) mass is 602 g/mol. The van der Waals surface area contributed by atoms with E-state index in [1.165, 1.54) is 0 Å². The number of rotatable bonds is 4. The van der Waals surface area contributed by atoms with Crippen molar-refractivity contribution in [2.45, 2.75) is 41.5 Å². The number of carbonyl (C=O) groups is 2. The zero-order valence-electron chi connectivity index (χ0n) is 18.1. The fourth-order valence-corrected chi connectivity index (χ4v) is 6.71. The molecule has 2 N–H and O–H groups in total. The Labute approximate surface area is 211 Å². The van der Waals surface area contributed by atoms with E-state index in [1.807, 2.05) is 65.8 Å². The first-order chi connectivity index (χ1) is 14.3. The molecule has 3 aromatic rings. The number of thiophene rings is 3. The average Bonchev–Trinajstić information content (AvgIpc) is 3.33. The van der Waals surface area contributed by atoms with Crippen LogP contribution in [0, 0.1) is 10.8 Å². The van der Waals surface area contributed by atoms with Crippen LogP contribution in [0.4, 0.5) is 11.4 Å². The summed E-state index contributed by atoms with van der Waals surface area (Å²) in [4.78, 5) is 29.9. The number of hydrogen-bond donors (Lipinski definition) is 2. The van der Waals surface area contributed by atoms with E-state index in [4.69, 9.17) is 0 Å². The predicted molar refractivity (Wildman–Crippen MR) is 143 cm³/mol. The number of anilines is 2. The number of hydrogen-bond acceptors (Lipinski definition) is 5. The first-order valence-electron chi connectivity index (χ1n) is 9.58. The second-order valence-electron chi connectivity index (χ2n) is 9.13. The highest BCUT2D eigenvalue weighted by Gasteiger charge is 2.31. The van der Waals surface area contributed by atoms with Crippen LogP contribution >= 0.6 is 65.9 Å². The van der Waals surface area contributed by atoms with E-state index in [0.29, 0.717) is 11.4 Å². The standard InChI is InChI=1S/C22H24Br2N2O2S3/c1-21(2,3)19(27)25-15-16(26-20(28)22(4,5)6)18(12-8-10-14(24)30-12)31-17(15)11-7-9-13(23)29-11/h7-10H,1-6H3,(H,25,27)(H,26,28). The SMILES string of the molecule is CC(C)(C)C(=O)Nc1c(-c2ccc(Br)s2)sc(-c2ccc(Br)s2)c1NC(=O)C(C)(C)C. The van der Waals surface area contributed by atoms with Crippen LogP contribution in [-0.4, -0.2) is 11.8 Å². The molecule has 0 radical (unpaired) electrons. The van der Waals surface area contributed by atoms with E-state index in [9.17, 15) is 9.59 Å². The second-order valence-corrected chi connectivity index (χ2v) is 15.1. The summed E-state index contributed by atoms with van der Waals surface area (Å²) in [7, 11) is 0. The van der Waals surface area contributed by atoms with Gasteiger partial charge in [0.05, 0.1) is 28.7 Å². The van der Waals surface area contributed by atoms with Crippen LogP contribution < -0.4 is 10.6 Å². The van der Waals surface area contributed by atoms with E-state index in [1.54, 1.807) is 34.0 Å². The van der Waals surface area contributed by atoms with Gasteiger partial charge in [-0.3, -0.25) is 9.59 Å². The Balaban J connectivity index is 2.25. The van der Waals surface area contributed by atoms with E-state index >= 15 is 0 Å². The van der Waals surface area contributed by atoms with E-state index in [-0.39, 0.29) is 11.8 Å². The van der Waals surface area contributed by atoms with Crippen molar-refractivity contribution in [1.29, 1.82) is 0 Å². The molecule has 0 aliphatic carbocycles. The molecule has 0 fully saturated rings. The van der Waals surface area contributed by atoms with Crippen LogP contribution in [0.5, 0.6) is 0 Å². The van der Waals surface area contributed by atoms with Crippen molar-refractivity contribution in [3.8, 4) is 19.5 Å². The maximum absolute atomic E-state index is 13.0. The van der Waals surface area contributed by atoms with Crippen molar-refractivity contribution in [3.05, 3.63) is 31.8 Å². The summed E-state index contributed by atoms with van der Waals surface area (Å²) in [5.41, 5.74) is 0.145. The van der Waals surface area contributed by atoms with Gasteiger partial charge in [0.25, 0.3) is 0 Å². The summed E-state index contributed by atoms with van der Waals surface area (Å²) in [6, 6.07) is 8.03. The molecule has 0 aromatic carbocycles. The highest BCUT2D eigenvalue weighted by molar-refractivity contribution is 9.11. The Morgan fingerprint density at radius 1 is 0.677 bits per heavy atom. The largest absolute Gasteiger partial charge is 0.323 e. The third-order valence-electron chi connectivity index (χ3n) is 4.34. The number of carbonyl (C=O) groups excluding carboxylic acids is 2. The normalized spacial score (nSPS) is 12.1. The van der Waals surface area contributed by atoms with Crippen molar-refractivity contribution in [3.63, 3.8) is 0 Å². The summed E-state index contributed by atoms with van der Waals surface area (Å²) < 4.78 is 2.01. The Morgan fingerprint density at radius 3 is 1.29 bits per heavy atom. The summed E-state index contributed by atoms with van der Waals surface area (Å²) in [6.45, 7) is 11.3. The summed E-state index contributed by atoms with van der Waals surface area (Å²) >= 11 is 11.8. The number of halogens is 2. The van der Waals surface area contributed by atoms with Crippen LogP contribution in [0.1, 0.15) is 41.5 Å². The van der Waals surface area contributed by atoms with Crippen LogP contribution in [-0.2, 0) is 9.59 Å². The Kier molecular flexibility index (Phi) is 7.23. The molecule has 9 heteroatoms. The average molecular weight is 604 g/mol. The molecule has 0 spiro atoms. The van der Waals surface area contributed by atoms with Crippen molar-refractivity contribution in [2.75, 3.05) is 10.6 Å². The number of nitrogens with one attached hydrogen (secondary N) is 2. The topological polar surface area (TPSA) is 58.2 Å². The molecular formula is C22H24Br2N2O2S3. The van der Waals surface area contributed by atoms with Gasteiger partial charge in [0.15, 0.2) is 0 Å². The molecule has 0 aliphatic rings. The highest BCUT2D eigenvalue weighted by Crippen LogP contribution is 2.53. The van der Waals surface area contributed by atoms with Crippen LogP contribution in [0.15, 0.2) is 31.8 Å². The summed E-state index contributed by atoms with van der Waals surface area (Å²) in [6.07, 6.45) is 0. The highest BCUT2D eigenvalue weighted by atomic mass is 79.9. The summed E-state index contributed by atoms with van der Waals surface area (Å²) in [5, 5.41) is 6.24. The van der Waals surface area contributed by atoms with Gasteiger partial charge in [-0.1, -0.05) is 41.5 Å². The molecule has 0 unspecified atom stereocenters. The van der Waals surface area contributed by atoms with Gasteiger partial charge in [-0.05, 0) is 56.1 Å². The van der Waals surface area contributed by atoms with Gasteiger partial charge < -0.3 is 10.6 Å². The maximum atomic E-state index is 13.0. The first-order valence-corrected chi connectivity index (χ1v) is 13.6. The molecule has 2 amide bonds. The molecule has 0 saturated heterocycles. The number of amides is 2. The quantitative estimate of drug-likeness (QED) is 0.313. The lowest BCUT2D eigenvalue weighted by atomic mass is 9.95. The van der Waals surface area contributed by atoms with Gasteiger partial charge >= 0.3 is 0 Å². The lowest BCUT2D eigenvalue weighted by Gasteiger charge is -2.21. The lowest BCUT2D eigenvalue weighted by Crippen LogP contribution is -2.30. The first kappa shape index (κ1) is 24.6. The van der Waals surface area contributed by atoms with Crippen molar-refractivity contribution in [1.82, 2.24) is 0 Å². The predicted octanol–water partition coefficient (Wildman–Crippen LogP) is 8.70. The molecule has 3 aromatic heterocycles. The minimum absolute atomic E-state index is 0.104. The fraction of sp³-hybridized carbons (Fsp3) is 0.364. The molecule has 0 aliphatic heterocycles. The van der Waals surface area contributed by atoms with Gasteiger partial charge in [-0.2, -0.15) is 0 Å². The third-order valence-corrected chi connectivity index (χ3v) is 9.14. The zero-order chi connectivity index (χ0) is 23.1. The van der Waals surface area contributed by atoms with Crippen LogP contribution in [0.25, 0.3) is 19.5 Å². The Bertz CT molecular complexity index is 1040. The van der Waals surface area contributed by atoms with Crippen molar-refractivity contribution >= 4 is 89.1 Å². The summed E-state index contributed by atoms with van der Waals surface area (Å²) in [5.74, 6) is -0.209. The molecule has 3 rings (SSSR count). The van der Waals surface area contributed by atoms with E-state index < -0.39 is 10.8 Å². The van der Waals surface area contributed by atoms with Crippen LogP contribution in [0.3, 0.4) is 0 Å². The molecule has 0 atom stereocenters. The molecule has 0 bridgehead atoms. The smallest absolute Gasteiger partial charge is 0.229 e. The van der Waals surface area contributed by atoms with Gasteiger partial charge in [-0.15, -0.1) is 34.0 Å². The lowest BCUT2D eigenvalue weighted by molar-refractivity contribution is -0.124. The molecule has 166 valence electrons. The van der Waals surface area contributed by atoms with E-state index in [0.717, 1.165) is 27.1 Å². The van der Waals surface area contributed by atoms with Crippen molar-refractivity contribution < 1.29 is 9.59 Å². The Morgan fingerprint density at radius 2 is 1.03 bits per heavy atom. The second kappa shape index (κ2) is 9.09. The minimum atomic E-state index is -0.577. The van der Waals surface area contributed by atoms with Crippen molar-refractivity contribution in [2.24, 2.45) is 10.8 Å². The maximum Gasteiger partial charge on any atom is 0.229 e. The molecule has 4 nitrogen and oxygen atoms in total. The van der Waals surface area contributed by atoms with Crippen LogP contribution in [0.2, 0.25) is 0 Å². The molecule has 3 heterocycles. The molecular weight excluding hydrogens is 580 g/mol. The molecule has 0 saturated carbocycles. The van der Waals surface area contributed by atoms with Gasteiger partial charge in [0.2, 0.25) is 11.8 Å². The van der Waals surface area contributed by atoms with Gasteiger partial charge in [0.1, 0.15) is 0 Å². The van der Waals surface area contributed by atoms with Gasteiger partial charge in [0, 0.05) is 20.6 Å². The molecule has 31 heavy (non-hydrogen) atoms. The fourth-order valence-electron chi connectivity index (χ4n) is 2.49. The van der Waals surface area contributed by atoms with Gasteiger partial charge in [-0.25, -0.2) is 0 Å².